The summed E-state index contributed by atoms with van der Waals surface area (Å²) >= 11 is 5.37. The van der Waals surface area contributed by atoms with Crippen LogP contribution in [-0.4, -0.2) is 6.04 Å². The van der Waals surface area contributed by atoms with E-state index in [9.17, 15) is 0 Å². The summed E-state index contributed by atoms with van der Waals surface area (Å²) < 4.78 is 1.23. The van der Waals surface area contributed by atoms with Crippen LogP contribution in [0.4, 0.5) is 0 Å². The van der Waals surface area contributed by atoms with E-state index < -0.39 is 0 Å². The predicted octanol–water partition coefficient (Wildman–Crippen LogP) is 3.57. The SMILES string of the molecule is NC(Cc1sccc1Br)C1CCCC1. The molecule has 1 saturated carbocycles. The molecule has 0 saturated heterocycles. The Morgan fingerprint density at radius 3 is 2.79 bits per heavy atom. The van der Waals surface area contributed by atoms with Crippen LogP contribution >= 0.6 is 27.3 Å². The van der Waals surface area contributed by atoms with Gasteiger partial charge < -0.3 is 5.73 Å². The summed E-state index contributed by atoms with van der Waals surface area (Å²) in [6.07, 6.45) is 6.48. The van der Waals surface area contributed by atoms with Crippen molar-refractivity contribution in [2.75, 3.05) is 0 Å². The molecule has 0 bridgehead atoms. The fraction of sp³-hybridized carbons (Fsp3) is 0.636. The monoisotopic (exact) mass is 273 g/mol. The van der Waals surface area contributed by atoms with Crippen molar-refractivity contribution in [1.82, 2.24) is 0 Å². The molecular weight excluding hydrogens is 258 g/mol. The van der Waals surface area contributed by atoms with Crippen molar-refractivity contribution in [2.24, 2.45) is 11.7 Å². The van der Waals surface area contributed by atoms with Gasteiger partial charge in [-0.2, -0.15) is 0 Å². The third-order valence-electron chi connectivity index (χ3n) is 3.12. The van der Waals surface area contributed by atoms with E-state index in [0.717, 1.165) is 12.3 Å². The van der Waals surface area contributed by atoms with Crippen molar-refractivity contribution in [3.05, 3.63) is 20.8 Å². The van der Waals surface area contributed by atoms with Crippen LogP contribution < -0.4 is 5.73 Å². The van der Waals surface area contributed by atoms with E-state index in [1.54, 1.807) is 0 Å². The lowest BCUT2D eigenvalue weighted by molar-refractivity contribution is 0.431. The molecule has 1 nitrogen and oxygen atoms in total. The van der Waals surface area contributed by atoms with Crippen LogP contribution in [0.25, 0.3) is 0 Å². The van der Waals surface area contributed by atoms with Crippen molar-refractivity contribution in [1.29, 1.82) is 0 Å². The van der Waals surface area contributed by atoms with Gasteiger partial charge in [-0.05, 0) is 52.6 Å². The molecular formula is C11H16BrNS. The fourth-order valence-electron chi connectivity index (χ4n) is 2.24. The summed E-state index contributed by atoms with van der Waals surface area (Å²) in [5, 5.41) is 2.13. The molecule has 78 valence electrons. The Morgan fingerprint density at radius 2 is 2.21 bits per heavy atom. The third kappa shape index (κ3) is 2.38. The van der Waals surface area contributed by atoms with Gasteiger partial charge in [0, 0.05) is 15.4 Å². The average Bonchev–Trinajstić information content (AvgIpc) is 2.77. The van der Waals surface area contributed by atoms with Crippen LogP contribution in [0.1, 0.15) is 30.6 Å². The molecule has 2 N–H and O–H groups in total. The molecule has 1 aromatic heterocycles. The van der Waals surface area contributed by atoms with Crippen LogP contribution in [0.15, 0.2) is 15.9 Å². The van der Waals surface area contributed by atoms with Crippen molar-refractivity contribution < 1.29 is 0 Å². The molecule has 1 fully saturated rings. The molecule has 3 heteroatoms. The number of hydrogen-bond acceptors (Lipinski definition) is 2. The molecule has 1 heterocycles. The Hall–Kier alpha value is 0.140. The first-order chi connectivity index (χ1) is 6.77. The standard InChI is InChI=1S/C11H16BrNS/c12-9-5-6-14-11(9)7-10(13)8-3-1-2-4-8/h5-6,8,10H,1-4,7,13H2. The van der Waals surface area contributed by atoms with Crippen molar-refractivity contribution in [3.63, 3.8) is 0 Å². The summed E-state index contributed by atoms with van der Waals surface area (Å²) in [4.78, 5) is 1.41. The third-order valence-corrected chi connectivity index (χ3v) is 5.07. The molecule has 2 rings (SSSR count). The Labute approximate surface area is 97.8 Å². The minimum Gasteiger partial charge on any atom is -0.327 e. The summed E-state index contributed by atoms with van der Waals surface area (Å²) in [5.74, 6) is 0.768. The van der Waals surface area contributed by atoms with Gasteiger partial charge in [0.1, 0.15) is 0 Å². The van der Waals surface area contributed by atoms with Crippen LogP contribution in [0.3, 0.4) is 0 Å². The predicted molar refractivity (Wildman–Crippen MR) is 65.7 cm³/mol. The van der Waals surface area contributed by atoms with E-state index in [1.165, 1.54) is 35.0 Å². The van der Waals surface area contributed by atoms with E-state index in [2.05, 4.69) is 27.4 Å². The maximum atomic E-state index is 6.22. The Balaban J connectivity index is 1.93. The second kappa shape index (κ2) is 4.77. The second-order valence-corrected chi connectivity index (χ2v) is 5.96. The molecule has 0 radical (unpaired) electrons. The summed E-state index contributed by atoms with van der Waals surface area (Å²) in [6, 6.07) is 2.48. The zero-order chi connectivity index (χ0) is 9.97. The van der Waals surface area contributed by atoms with Gasteiger partial charge in [0.05, 0.1) is 0 Å². The normalized spacial score (nSPS) is 20.1. The zero-order valence-corrected chi connectivity index (χ0v) is 10.6. The van der Waals surface area contributed by atoms with Gasteiger partial charge in [0.25, 0.3) is 0 Å². The number of thiophene rings is 1. The van der Waals surface area contributed by atoms with Gasteiger partial charge in [-0.1, -0.05) is 12.8 Å². The highest BCUT2D eigenvalue weighted by molar-refractivity contribution is 9.10. The molecule has 1 aromatic rings. The maximum absolute atomic E-state index is 6.22. The minimum atomic E-state index is 0.368. The largest absolute Gasteiger partial charge is 0.327 e. The second-order valence-electron chi connectivity index (χ2n) is 4.10. The molecule has 0 amide bonds. The van der Waals surface area contributed by atoms with Crippen LogP contribution in [-0.2, 0) is 6.42 Å². The molecule has 1 atom stereocenters. The highest BCUT2D eigenvalue weighted by Gasteiger charge is 2.22. The molecule has 0 aromatic carbocycles. The van der Waals surface area contributed by atoms with E-state index in [4.69, 9.17) is 5.73 Å². The lowest BCUT2D eigenvalue weighted by Gasteiger charge is -2.17. The molecule has 1 aliphatic carbocycles. The van der Waals surface area contributed by atoms with Gasteiger partial charge in [-0.3, -0.25) is 0 Å². The van der Waals surface area contributed by atoms with Crippen molar-refractivity contribution in [2.45, 2.75) is 38.1 Å². The highest BCUT2D eigenvalue weighted by atomic mass is 79.9. The number of halogens is 1. The first-order valence-electron chi connectivity index (χ1n) is 5.25. The first-order valence-corrected chi connectivity index (χ1v) is 6.92. The van der Waals surface area contributed by atoms with Crippen molar-refractivity contribution in [3.8, 4) is 0 Å². The van der Waals surface area contributed by atoms with Crippen LogP contribution in [0.5, 0.6) is 0 Å². The van der Waals surface area contributed by atoms with Crippen molar-refractivity contribution >= 4 is 27.3 Å². The highest BCUT2D eigenvalue weighted by Crippen LogP contribution is 2.31. The molecule has 1 aliphatic rings. The minimum absolute atomic E-state index is 0.368. The van der Waals surface area contributed by atoms with Gasteiger partial charge in [0.2, 0.25) is 0 Å². The van der Waals surface area contributed by atoms with E-state index in [0.29, 0.717) is 6.04 Å². The van der Waals surface area contributed by atoms with Crippen LogP contribution in [0.2, 0.25) is 0 Å². The smallest absolute Gasteiger partial charge is 0.0314 e. The fourth-order valence-corrected chi connectivity index (χ4v) is 3.82. The summed E-state index contributed by atoms with van der Waals surface area (Å²) in [7, 11) is 0. The van der Waals surface area contributed by atoms with Crippen LogP contribution in [0, 0.1) is 5.92 Å². The Morgan fingerprint density at radius 1 is 1.50 bits per heavy atom. The molecule has 14 heavy (non-hydrogen) atoms. The summed E-state index contributed by atoms with van der Waals surface area (Å²) in [6.45, 7) is 0. The van der Waals surface area contributed by atoms with E-state index in [-0.39, 0.29) is 0 Å². The van der Waals surface area contributed by atoms with E-state index >= 15 is 0 Å². The number of nitrogens with two attached hydrogens (primary N) is 1. The maximum Gasteiger partial charge on any atom is 0.0314 e. The van der Waals surface area contributed by atoms with Gasteiger partial charge in [0.15, 0.2) is 0 Å². The van der Waals surface area contributed by atoms with Gasteiger partial charge in [-0.15, -0.1) is 11.3 Å². The quantitative estimate of drug-likeness (QED) is 0.896. The average molecular weight is 274 g/mol. The summed E-state index contributed by atoms with van der Waals surface area (Å²) in [5.41, 5.74) is 6.22. The number of rotatable bonds is 3. The van der Waals surface area contributed by atoms with Gasteiger partial charge in [-0.25, -0.2) is 0 Å². The van der Waals surface area contributed by atoms with E-state index in [1.807, 2.05) is 11.3 Å². The molecule has 1 unspecified atom stereocenters. The zero-order valence-electron chi connectivity index (χ0n) is 8.21. The molecule has 0 spiro atoms. The molecule has 0 aliphatic heterocycles. The lowest BCUT2D eigenvalue weighted by atomic mass is 9.96. The Bertz CT molecular complexity index is 291. The first kappa shape index (κ1) is 10.7. The lowest BCUT2D eigenvalue weighted by Crippen LogP contribution is -2.30. The Kier molecular flexibility index (Phi) is 3.63. The topological polar surface area (TPSA) is 26.0 Å². The van der Waals surface area contributed by atoms with Gasteiger partial charge >= 0.3 is 0 Å². The number of hydrogen-bond donors (Lipinski definition) is 1.